The molecule has 1 aliphatic rings. The molecule has 1 aromatic rings. The van der Waals surface area contributed by atoms with Gasteiger partial charge in [0, 0.05) is 19.1 Å². The van der Waals surface area contributed by atoms with E-state index in [1.165, 1.54) is 31.4 Å². The van der Waals surface area contributed by atoms with Crippen molar-refractivity contribution in [1.82, 2.24) is 4.90 Å². The molecule has 0 spiro atoms. The molecule has 2 rings (SSSR count). The SMILES string of the molecule is OCCN(CC(O)c1cccc(F)c1)C1CCCCC1. The maximum absolute atomic E-state index is 13.2. The summed E-state index contributed by atoms with van der Waals surface area (Å²) in [5.41, 5.74) is 0.601. The fourth-order valence-corrected chi connectivity index (χ4v) is 3.04. The standard InChI is InChI=1S/C16H24FNO2/c17-14-6-4-5-13(11-14)16(20)12-18(9-10-19)15-7-2-1-3-8-15/h4-6,11,15-16,19-20H,1-3,7-10,12H2. The molecule has 0 aromatic heterocycles. The van der Waals surface area contributed by atoms with Crippen LogP contribution in [0.15, 0.2) is 24.3 Å². The second-order valence-corrected chi connectivity index (χ2v) is 5.58. The summed E-state index contributed by atoms with van der Waals surface area (Å²) >= 11 is 0. The van der Waals surface area contributed by atoms with E-state index in [1.54, 1.807) is 12.1 Å². The Kier molecular flexibility index (Phi) is 5.95. The Labute approximate surface area is 120 Å². The van der Waals surface area contributed by atoms with Crippen LogP contribution >= 0.6 is 0 Å². The van der Waals surface area contributed by atoms with E-state index in [0.29, 0.717) is 24.7 Å². The lowest BCUT2D eigenvalue weighted by Crippen LogP contribution is -2.41. The van der Waals surface area contributed by atoms with Crippen molar-refractivity contribution in [2.24, 2.45) is 0 Å². The van der Waals surface area contributed by atoms with Crippen LogP contribution in [-0.2, 0) is 0 Å². The summed E-state index contributed by atoms with van der Waals surface area (Å²) in [5.74, 6) is -0.326. The van der Waals surface area contributed by atoms with Crippen molar-refractivity contribution in [2.75, 3.05) is 19.7 Å². The quantitative estimate of drug-likeness (QED) is 0.842. The van der Waals surface area contributed by atoms with Crippen LogP contribution in [0.4, 0.5) is 4.39 Å². The van der Waals surface area contributed by atoms with Crippen molar-refractivity contribution in [3.05, 3.63) is 35.6 Å². The molecule has 112 valence electrons. The molecule has 2 N–H and O–H groups in total. The van der Waals surface area contributed by atoms with Gasteiger partial charge >= 0.3 is 0 Å². The summed E-state index contributed by atoms with van der Waals surface area (Å²) in [6.07, 6.45) is 5.23. The number of aliphatic hydroxyl groups excluding tert-OH is 2. The van der Waals surface area contributed by atoms with Crippen molar-refractivity contribution in [3.63, 3.8) is 0 Å². The van der Waals surface area contributed by atoms with Crippen molar-refractivity contribution in [1.29, 1.82) is 0 Å². The van der Waals surface area contributed by atoms with Crippen LogP contribution in [0.2, 0.25) is 0 Å². The lowest BCUT2D eigenvalue weighted by Gasteiger charge is -2.35. The molecular formula is C16H24FNO2. The van der Waals surface area contributed by atoms with E-state index in [2.05, 4.69) is 4.90 Å². The van der Waals surface area contributed by atoms with E-state index in [9.17, 15) is 14.6 Å². The zero-order chi connectivity index (χ0) is 14.4. The molecule has 1 aliphatic carbocycles. The summed E-state index contributed by atoms with van der Waals surface area (Å²) in [6, 6.07) is 6.54. The number of benzene rings is 1. The zero-order valence-corrected chi connectivity index (χ0v) is 11.8. The number of halogens is 1. The van der Waals surface area contributed by atoms with Gasteiger partial charge in [-0.2, -0.15) is 0 Å². The minimum atomic E-state index is -0.709. The molecule has 4 heteroatoms. The highest BCUT2D eigenvalue weighted by Gasteiger charge is 2.23. The topological polar surface area (TPSA) is 43.7 Å². The van der Waals surface area contributed by atoms with Gasteiger partial charge in [-0.15, -0.1) is 0 Å². The third kappa shape index (κ3) is 4.27. The van der Waals surface area contributed by atoms with Crippen molar-refractivity contribution in [2.45, 2.75) is 44.2 Å². The second-order valence-electron chi connectivity index (χ2n) is 5.58. The average molecular weight is 281 g/mol. The lowest BCUT2D eigenvalue weighted by molar-refractivity contribution is 0.0598. The van der Waals surface area contributed by atoms with Crippen LogP contribution in [-0.4, -0.2) is 40.9 Å². The third-order valence-electron chi connectivity index (χ3n) is 4.12. The monoisotopic (exact) mass is 281 g/mol. The Morgan fingerprint density at radius 2 is 2.00 bits per heavy atom. The van der Waals surface area contributed by atoms with Crippen LogP contribution in [0.25, 0.3) is 0 Å². The molecule has 20 heavy (non-hydrogen) atoms. The Balaban J connectivity index is 1.99. The third-order valence-corrected chi connectivity index (χ3v) is 4.12. The maximum atomic E-state index is 13.2. The fraction of sp³-hybridized carbons (Fsp3) is 0.625. The molecule has 0 heterocycles. The van der Waals surface area contributed by atoms with Gasteiger partial charge in [0.2, 0.25) is 0 Å². The highest BCUT2D eigenvalue weighted by Crippen LogP contribution is 2.24. The maximum Gasteiger partial charge on any atom is 0.123 e. The van der Waals surface area contributed by atoms with Gasteiger partial charge in [0.05, 0.1) is 12.7 Å². The summed E-state index contributed by atoms with van der Waals surface area (Å²) in [6.45, 7) is 1.11. The van der Waals surface area contributed by atoms with Gasteiger partial charge in [0.15, 0.2) is 0 Å². The minimum absolute atomic E-state index is 0.0897. The van der Waals surface area contributed by atoms with E-state index < -0.39 is 6.10 Å². The normalized spacial score (nSPS) is 18.4. The number of hydrogen-bond acceptors (Lipinski definition) is 3. The Morgan fingerprint density at radius 3 is 2.65 bits per heavy atom. The summed E-state index contributed by atoms with van der Waals surface area (Å²) < 4.78 is 13.2. The molecule has 0 aliphatic heterocycles. The summed E-state index contributed by atoms with van der Waals surface area (Å²) in [7, 11) is 0. The first-order valence-corrected chi connectivity index (χ1v) is 7.49. The number of hydrogen-bond donors (Lipinski definition) is 2. The predicted octanol–water partition coefficient (Wildman–Crippen LogP) is 2.49. The van der Waals surface area contributed by atoms with Gasteiger partial charge in [0.1, 0.15) is 5.82 Å². The van der Waals surface area contributed by atoms with Crippen LogP contribution in [0.5, 0.6) is 0 Å². The van der Waals surface area contributed by atoms with Crippen molar-refractivity contribution in [3.8, 4) is 0 Å². The summed E-state index contributed by atoms with van der Waals surface area (Å²) in [4.78, 5) is 2.15. The molecule has 0 amide bonds. The van der Waals surface area contributed by atoms with E-state index in [4.69, 9.17) is 0 Å². The second kappa shape index (κ2) is 7.72. The first kappa shape index (κ1) is 15.4. The molecule has 1 aromatic carbocycles. The number of nitrogens with zero attached hydrogens (tertiary/aromatic N) is 1. The largest absolute Gasteiger partial charge is 0.395 e. The minimum Gasteiger partial charge on any atom is -0.395 e. The van der Waals surface area contributed by atoms with E-state index in [1.807, 2.05) is 0 Å². The fourth-order valence-electron chi connectivity index (χ4n) is 3.04. The zero-order valence-electron chi connectivity index (χ0n) is 11.8. The molecule has 1 unspecified atom stereocenters. The predicted molar refractivity (Wildman–Crippen MR) is 76.9 cm³/mol. The summed E-state index contributed by atoms with van der Waals surface area (Å²) in [5, 5.41) is 19.5. The molecule has 0 radical (unpaired) electrons. The Morgan fingerprint density at radius 1 is 1.25 bits per heavy atom. The van der Waals surface area contributed by atoms with E-state index >= 15 is 0 Å². The van der Waals surface area contributed by atoms with Gasteiger partial charge in [-0.1, -0.05) is 31.4 Å². The first-order chi connectivity index (χ1) is 9.70. The molecule has 1 saturated carbocycles. The van der Waals surface area contributed by atoms with Crippen LogP contribution in [0.1, 0.15) is 43.8 Å². The van der Waals surface area contributed by atoms with E-state index in [0.717, 1.165) is 12.8 Å². The average Bonchev–Trinajstić information content (AvgIpc) is 2.47. The van der Waals surface area contributed by atoms with Crippen LogP contribution in [0, 0.1) is 5.82 Å². The van der Waals surface area contributed by atoms with E-state index in [-0.39, 0.29) is 12.4 Å². The molecule has 1 fully saturated rings. The van der Waals surface area contributed by atoms with Gasteiger partial charge < -0.3 is 10.2 Å². The molecule has 3 nitrogen and oxygen atoms in total. The smallest absolute Gasteiger partial charge is 0.123 e. The van der Waals surface area contributed by atoms with Gasteiger partial charge in [0.25, 0.3) is 0 Å². The van der Waals surface area contributed by atoms with Crippen LogP contribution in [0.3, 0.4) is 0 Å². The van der Waals surface area contributed by atoms with Gasteiger partial charge in [-0.3, -0.25) is 4.90 Å². The van der Waals surface area contributed by atoms with Crippen molar-refractivity contribution < 1.29 is 14.6 Å². The molecule has 0 bridgehead atoms. The Hall–Kier alpha value is -0.970. The molecule has 1 atom stereocenters. The first-order valence-electron chi connectivity index (χ1n) is 7.49. The molecule has 0 saturated heterocycles. The Bertz CT molecular complexity index is 407. The van der Waals surface area contributed by atoms with Gasteiger partial charge in [-0.25, -0.2) is 4.39 Å². The molecular weight excluding hydrogens is 257 g/mol. The number of aliphatic hydroxyl groups is 2. The van der Waals surface area contributed by atoms with Crippen LogP contribution < -0.4 is 0 Å². The highest BCUT2D eigenvalue weighted by molar-refractivity contribution is 5.19. The lowest BCUT2D eigenvalue weighted by atomic mass is 9.93. The van der Waals surface area contributed by atoms with Gasteiger partial charge in [-0.05, 0) is 30.5 Å². The highest BCUT2D eigenvalue weighted by atomic mass is 19.1. The van der Waals surface area contributed by atoms with Crippen molar-refractivity contribution >= 4 is 0 Å². The number of rotatable bonds is 6.